The fraction of sp³-hybridized carbons (Fsp3) is 0.304. The minimum atomic E-state index is -0.301. The average Bonchev–Trinajstić information content (AvgIpc) is 3.23. The lowest BCUT2D eigenvalue weighted by Crippen LogP contribution is -2.44. The van der Waals surface area contributed by atoms with E-state index in [0.29, 0.717) is 16.3 Å². The highest BCUT2D eigenvalue weighted by Gasteiger charge is 2.21. The third-order valence-electron chi connectivity index (χ3n) is 5.30. The van der Waals surface area contributed by atoms with Crippen LogP contribution in [0.2, 0.25) is 0 Å². The van der Waals surface area contributed by atoms with Crippen LogP contribution in [-0.2, 0) is 6.54 Å². The first-order chi connectivity index (χ1) is 15.1. The quantitative estimate of drug-likeness (QED) is 0.619. The van der Waals surface area contributed by atoms with Crippen LogP contribution in [-0.4, -0.2) is 46.0 Å². The van der Waals surface area contributed by atoms with Gasteiger partial charge in [-0.2, -0.15) is 0 Å². The number of likely N-dealkylation sites (tertiary alicyclic amines) is 1. The predicted molar refractivity (Wildman–Crippen MR) is 121 cm³/mol. The van der Waals surface area contributed by atoms with Gasteiger partial charge in [0, 0.05) is 36.9 Å². The van der Waals surface area contributed by atoms with E-state index in [4.69, 9.17) is 0 Å². The fourth-order valence-corrected chi connectivity index (χ4v) is 4.21. The summed E-state index contributed by atoms with van der Waals surface area (Å²) in [5.74, 6) is -0.385. The number of anilines is 1. The largest absolute Gasteiger partial charge is 0.349 e. The van der Waals surface area contributed by atoms with Crippen molar-refractivity contribution in [2.24, 2.45) is 0 Å². The molecule has 0 saturated carbocycles. The van der Waals surface area contributed by atoms with Crippen LogP contribution in [0.5, 0.6) is 0 Å². The van der Waals surface area contributed by atoms with E-state index in [1.807, 2.05) is 6.07 Å². The van der Waals surface area contributed by atoms with Crippen LogP contribution in [0.3, 0.4) is 0 Å². The lowest BCUT2D eigenvalue weighted by Gasteiger charge is -2.32. The Kier molecular flexibility index (Phi) is 6.69. The van der Waals surface area contributed by atoms with E-state index in [-0.39, 0.29) is 17.9 Å². The number of amides is 2. The van der Waals surface area contributed by atoms with Crippen molar-refractivity contribution in [3.05, 3.63) is 75.7 Å². The van der Waals surface area contributed by atoms with Crippen LogP contribution in [0, 0.1) is 6.92 Å². The van der Waals surface area contributed by atoms with Crippen molar-refractivity contribution in [2.75, 3.05) is 18.4 Å². The first-order valence-electron chi connectivity index (χ1n) is 10.4. The van der Waals surface area contributed by atoms with Crippen molar-refractivity contribution >= 4 is 28.8 Å². The molecule has 0 unspecified atom stereocenters. The Labute approximate surface area is 185 Å². The maximum atomic E-state index is 12.6. The molecule has 8 heteroatoms. The summed E-state index contributed by atoms with van der Waals surface area (Å²) in [5.41, 5.74) is 2.51. The Hall–Kier alpha value is -3.10. The number of carbonyl (C=O) groups excluding carboxylic acids is 2. The molecule has 7 nitrogen and oxygen atoms in total. The first kappa shape index (κ1) is 21.1. The molecule has 2 heterocycles. The van der Waals surface area contributed by atoms with Crippen molar-refractivity contribution in [1.82, 2.24) is 20.4 Å². The van der Waals surface area contributed by atoms with Gasteiger partial charge in [0.2, 0.25) is 5.01 Å². The Morgan fingerprint density at radius 3 is 2.35 bits per heavy atom. The van der Waals surface area contributed by atoms with E-state index in [1.165, 1.54) is 16.9 Å². The lowest BCUT2D eigenvalue weighted by atomic mass is 10.0. The summed E-state index contributed by atoms with van der Waals surface area (Å²) in [5, 5.41) is 14.7. The minimum Gasteiger partial charge on any atom is -0.349 e. The number of nitrogens with zero attached hydrogens (tertiary/aromatic N) is 3. The number of aromatic nitrogens is 2. The number of piperidine rings is 1. The number of carbonyl (C=O) groups is 2. The molecule has 1 aliphatic heterocycles. The SMILES string of the molecule is Cc1nnc(C(=O)Nc2ccc(C(=O)NC3CCN(Cc4ccccc4)CC3)cc2)s1. The smallest absolute Gasteiger partial charge is 0.286 e. The lowest BCUT2D eigenvalue weighted by molar-refractivity contribution is 0.0908. The molecule has 0 atom stereocenters. The van der Waals surface area contributed by atoms with Gasteiger partial charge >= 0.3 is 0 Å². The van der Waals surface area contributed by atoms with Gasteiger partial charge in [-0.3, -0.25) is 14.5 Å². The van der Waals surface area contributed by atoms with Crippen LogP contribution >= 0.6 is 11.3 Å². The Morgan fingerprint density at radius 1 is 1.00 bits per heavy atom. The molecule has 0 bridgehead atoms. The molecule has 2 N–H and O–H groups in total. The van der Waals surface area contributed by atoms with Crippen LogP contribution in [0.15, 0.2) is 54.6 Å². The summed E-state index contributed by atoms with van der Waals surface area (Å²) in [6.45, 7) is 4.69. The minimum absolute atomic E-state index is 0.0841. The highest BCUT2D eigenvalue weighted by atomic mass is 32.1. The molecule has 0 radical (unpaired) electrons. The van der Waals surface area contributed by atoms with Gasteiger partial charge in [-0.25, -0.2) is 0 Å². The molecule has 1 aliphatic rings. The Morgan fingerprint density at radius 2 is 1.71 bits per heavy atom. The van der Waals surface area contributed by atoms with Crippen molar-refractivity contribution in [1.29, 1.82) is 0 Å². The maximum Gasteiger partial charge on any atom is 0.286 e. The van der Waals surface area contributed by atoms with Crippen molar-refractivity contribution in [3.63, 3.8) is 0 Å². The van der Waals surface area contributed by atoms with E-state index >= 15 is 0 Å². The van der Waals surface area contributed by atoms with Gasteiger partial charge in [0.15, 0.2) is 0 Å². The number of aryl methyl sites for hydroxylation is 1. The number of benzene rings is 2. The van der Waals surface area contributed by atoms with Crippen LogP contribution in [0.1, 0.15) is 43.6 Å². The molecule has 31 heavy (non-hydrogen) atoms. The number of hydrogen-bond donors (Lipinski definition) is 2. The summed E-state index contributed by atoms with van der Waals surface area (Å²) >= 11 is 1.24. The topological polar surface area (TPSA) is 87.2 Å². The van der Waals surface area contributed by atoms with Crippen molar-refractivity contribution < 1.29 is 9.59 Å². The van der Waals surface area contributed by atoms with E-state index in [2.05, 4.69) is 50.0 Å². The molecule has 2 amide bonds. The van der Waals surface area contributed by atoms with Gasteiger partial charge in [0.1, 0.15) is 5.01 Å². The van der Waals surface area contributed by atoms with E-state index < -0.39 is 0 Å². The first-order valence-corrected chi connectivity index (χ1v) is 11.2. The number of rotatable bonds is 6. The molecule has 1 fully saturated rings. The summed E-state index contributed by atoms with van der Waals surface area (Å²) in [4.78, 5) is 27.2. The summed E-state index contributed by atoms with van der Waals surface area (Å²) in [6.07, 6.45) is 1.88. The predicted octanol–water partition coefficient (Wildman–Crippen LogP) is 3.49. The molecule has 160 valence electrons. The van der Waals surface area contributed by atoms with Crippen LogP contribution in [0.25, 0.3) is 0 Å². The van der Waals surface area contributed by atoms with Gasteiger partial charge in [-0.05, 0) is 49.6 Å². The highest BCUT2D eigenvalue weighted by molar-refractivity contribution is 7.13. The molecule has 4 rings (SSSR count). The average molecular weight is 436 g/mol. The zero-order valence-electron chi connectivity index (χ0n) is 17.4. The molecule has 0 aliphatic carbocycles. The van der Waals surface area contributed by atoms with Crippen LogP contribution < -0.4 is 10.6 Å². The van der Waals surface area contributed by atoms with Crippen LogP contribution in [0.4, 0.5) is 5.69 Å². The number of hydrogen-bond acceptors (Lipinski definition) is 6. The second kappa shape index (κ2) is 9.80. The van der Waals surface area contributed by atoms with Gasteiger partial charge in [0.25, 0.3) is 11.8 Å². The standard InChI is InChI=1S/C23H25N5O2S/c1-16-26-27-23(31-16)22(30)25-19-9-7-18(8-10-19)21(29)24-20-11-13-28(14-12-20)15-17-5-3-2-4-6-17/h2-10,20H,11-15H2,1H3,(H,24,29)(H,25,30). The Bertz CT molecular complexity index is 1030. The molecular weight excluding hydrogens is 410 g/mol. The van der Waals surface area contributed by atoms with E-state index in [0.717, 1.165) is 37.5 Å². The highest BCUT2D eigenvalue weighted by Crippen LogP contribution is 2.16. The van der Waals surface area contributed by atoms with Gasteiger partial charge in [-0.1, -0.05) is 41.7 Å². The van der Waals surface area contributed by atoms with Gasteiger partial charge in [0.05, 0.1) is 0 Å². The summed E-state index contributed by atoms with van der Waals surface area (Å²) in [6, 6.07) is 17.5. The molecule has 2 aromatic carbocycles. The van der Waals surface area contributed by atoms with Gasteiger partial charge in [-0.15, -0.1) is 10.2 Å². The Balaban J connectivity index is 1.25. The molecule has 3 aromatic rings. The molecule has 1 aromatic heterocycles. The maximum absolute atomic E-state index is 12.6. The van der Waals surface area contributed by atoms with Gasteiger partial charge < -0.3 is 10.6 Å². The van der Waals surface area contributed by atoms with Crippen molar-refractivity contribution in [2.45, 2.75) is 32.4 Å². The van der Waals surface area contributed by atoms with E-state index in [1.54, 1.807) is 31.2 Å². The van der Waals surface area contributed by atoms with E-state index in [9.17, 15) is 9.59 Å². The molecule has 1 saturated heterocycles. The summed E-state index contributed by atoms with van der Waals surface area (Å²) in [7, 11) is 0. The normalized spacial score (nSPS) is 14.9. The fourth-order valence-electron chi connectivity index (χ4n) is 3.62. The molecular formula is C23H25N5O2S. The monoisotopic (exact) mass is 435 g/mol. The summed E-state index contributed by atoms with van der Waals surface area (Å²) < 4.78 is 0. The zero-order chi connectivity index (χ0) is 21.6. The third-order valence-corrected chi connectivity index (χ3v) is 6.13. The zero-order valence-corrected chi connectivity index (χ0v) is 18.2. The van der Waals surface area contributed by atoms with Crippen molar-refractivity contribution in [3.8, 4) is 0 Å². The molecule has 0 spiro atoms. The third kappa shape index (κ3) is 5.74. The second-order valence-corrected chi connectivity index (χ2v) is 8.85. The second-order valence-electron chi connectivity index (χ2n) is 7.67. The number of nitrogens with one attached hydrogen (secondary N) is 2.